The fraction of sp³-hybridized carbons (Fsp3) is 0.360. The molecule has 1 aromatic heterocycles. The summed E-state index contributed by atoms with van der Waals surface area (Å²) in [5, 5.41) is 4.71. The molecule has 0 aliphatic carbocycles. The standard InChI is InChI=1S/C25H32N4O2/c1-6-31-23-14-12-21(13-15-23)16-28(5)25(30)18-27(4)17-24-19(2)26-29(20(24)3)22-10-8-7-9-11-22/h7-15H,6,16-18H2,1-5H3. The van der Waals surface area contributed by atoms with Crippen LogP contribution in [0, 0.1) is 13.8 Å². The summed E-state index contributed by atoms with van der Waals surface area (Å²) in [4.78, 5) is 16.6. The number of carbonyl (C=O) groups excluding carboxylic acids is 1. The average molecular weight is 421 g/mol. The van der Waals surface area contributed by atoms with Crippen molar-refractivity contribution in [1.82, 2.24) is 19.6 Å². The van der Waals surface area contributed by atoms with E-state index in [0.29, 0.717) is 26.2 Å². The third-order valence-corrected chi connectivity index (χ3v) is 5.36. The van der Waals surface area contributed by atoms with Gasteiger partial charge in [0.2, 0.25) is 5.91 Å². The molecule has 3 rings (SSSR count). The van der Waals surface area contributed by atoms with E-state index in [9.17, 15) is 4.79 Å². The molecule has 1 heterocycles. The lowest BCUT2D eigenvalue weighted by atomic mass is 10.2. The summed E-state index contributed by atoms with van der Waals surface area (Å²) >= 11 is 0. The molecule has 0 saturated heterocycles. The van der Waals surface area contributed by atoms with Crippen LogP contribution in [0.2, 0.25) is 0 Å². The lowest BCUT2D eigenvalue weighted by Gasteiger charge is -2.22. The second kappa shape index (κ2) is 10.3. The van der Waals surface area contributed by atoms with Crippen molar-refractivity contribution in [3.05, 3.63) is 77.1 Å². The Labute approximate surface area is 185 Å². The molecule has 31 heavy (non-hydrogen) atoms. The van der Waals surface area contributed by atoms with Gasteiger partial charge in [0.15, 0.2) is 0 Å². The molecule has 1 amide bonds. The third kappa shape index (κ3) is 5.73. The van der Waals surface area contributed by atoms with Crippen LogP contribution in [0.1, 0.15) is 29.4 Å². The van der Waals surface area contributed by atoms with Crippen LogP contribution in [-0.2, 0) is 17.9 Å². The summed E-state index contributed by atoms with van der Waals surface area (Å²) in [6, 6.07) is 18.0. The molecule has 6 nitrogen and oxygen atoms in total. The summed E-state index contributed by atoms with van der Waals surface area (Å²) in [6.07, 6.45) is 0. The van der Waals surface area contributed by atoms with E-state index < -0.39 is 0 Å². The average Bonchev–Trinajstić information content (AvgIpc) is 3.04. The van der Waals surface area contributed by atoms with Gasteiger partial charge in [-0.3, -0.25) is 9.69 Å². The lowest BCUT2D eigenvalue weighted by Crippen LogP contribution is -2.36. The van der Waals surface area contributed by atoms with Crippen LogP contribution in [0.3, 0.4) is 0 Å². The predicted octanol–water partition coefficient (Wildman–Crippen LogP) is 3.98. The number of rotatable bonds is 9. The maximum absolute atomic E-state index is 12.8. The highest BCUT2D eigenvalue weighted by atomic mass is 16.5. The zero-order valence-corrected chi connectivity index (χ0v) is 19.1. The minimum Gasteiger partial charge on any atom is -0.494 e. The van der Waals surface area contributed by atoms with Crippen molar-refractivity contribution in [2.75, 3.05) is 27.2 Å². The number of para-hydroxylation sites is 1. The van der Waals surface area contributed by atoms with E-state index >= 15 is 0 Å². The summed E-state index contributed by atoms with van der Waals surface area (Å²) in [6.45, 7) is 8.31. The molecule has 0 N–H and O–H groups in total. The van der Waals surface area contributed by atoms with Gasteiger partial charge in [-0.1, -0.05) is 30.3 Å². The van der Waals surface area contributed by atoms with Gasteiger partial charge in [0.05, 0.1) is 24.5 Å². The fourth-order valence-corrected chi connectivity index (χ4v) is 3.62. The highest BCUT2D eigenvalue weighted by molar-refractivity contribution is 5.78. The summed E-state index contributed by atoms with van der Waals surface area (Å²) in [7, 11) is 3.82. The number of benzene rings is 2. The van der Waals surface area contributed by atoms with Crippen molar-refractivity contribution in [3.8, 4) is 11.4 Å². The van der Waals surface area contributed by atoms with E-state index in [1.165, 1.54) is 0 Å². The Bertz CT molecular complexity index is 996. The molecule has 6 heteroatoms. The second-order valence-corrected chi connectivity index (χ2v) is 7.90. The van der Waals surface area contributed by atoms with Crippen molar-refractivity contribution < 1.29 is 9.53 Å². The topological polar surface area (TPSA) is 50.6 Å². The van der Waals surface area contributed by atoms with Crippen LogP contribution in [0.4, 0.5) is 0 Å². The SMILES string of the molecule is CCOc1ccc(CN(C)C(=O)CN(C)Cc2c(C)nn(-c3ccccc3)c2C)cc1. The van der Waals surface area contributed by atoms with Gasteiger partial charge in [-0.2, -0.15) is 5.10 Å². The predicted molar refractivity (Wildman–Crippen MR) is 123 cm³/mol. The van der Waals surface area contributed by atoms with E-state index in [1.54, 1.807) is 4.90 Å². The molecule has 0 saturated carbocycles. The molecule has 0 spiro atoms. The largest absolute Gasteiger partial charge is 0.494 e. The number of nitrogens with zero attached hydrogens (tertiary/aromatic N) is 4. The first kappa shape index (κ1) is 22.6. The molecule has 0 bridgehead atoms. The first-order chi connectivity index (χ1) is 14.9. The number of hydrogen-bond donors (Lipinski definition) is 0. The van der Waals surface area contributed by atoms with Crippen molar-refractivity contribution in [3.63, 3.8) is 0 Å². The third-order valence-electron chi connectivity index (χ3n) is 5.36. The fourth-order valence-electron chi connectivity index (χ4n) is 3.62. The van der Waals surface area contributed by atoms with Crippen LogP contribution in [0.5, 0.6) is 5.75 Å². The maximum atomic E-state index is 12.8. The Morgan fingerprint density at radius 2 is 1.68 bits per heavy atom. The van der Waals surface area contributed by atoms with Crippen LogP contribution < -0.4 is 4.74 Å². The molecule has 0 atom stereocenters. The molecular formula is C25H32N4O2. The number of ether oxygens (including phenoxy) is 1. The van der Waals surface area contributed by atoms with E-state index in [4.69, 9.17) is 9.84 Å². The normalized spacial score (nSPS) is 11.0. The monoisotopic (exact) mass is 420 g/mol. The van der Waals surface area contributed by atoms with Gasteiger partial charge in [0, 0.05) is 31.4 Å². The molecule has 164 valence electrons. The Morgan fingerprint density at radius 3 is 2.32 bits per heavy atom. The van der Waals surface area contributed by atoms with Crippen LogP contribution in [-0.4, -0.2) is 52.7 Å². The van der Waals surface area contributed by atoms with Gasteiger partial charge >= 0.3 is 0 Å². The number of likely N-dealkylation sites (N-methyl/N-ethyl adjacent to an activating group) is 2. The lowest BCUT2D eigenvalue weighted by molar-refractivity contribution is -0.131. The minimum atomic E-state index is 0.0853. The first-order valence-electron chi connectivity index (χ1n) is 10.6. The second-order valence-electron chi connectivity index (χ2n) is 7.90. The number of carbonyl (C=O) groups is 1. The van der Waals surface area contributed by atoms with E-state index in [1.807, 2.05) is 92.1 Å². The summed E-state index contributed by atoms with van der Waals surface area (Å²) in [5.74, 6) is 0.934. The van der Waals surface area contributed by atoms with E-state index in [2.05, 4.69) is 6.92 Å². The van der Waals surface area contributed by atoms with E-state index in [-0.39, 0.29) is 5.91 Å². The number of amides is 1. The zero-order valence-electron chi connectivity index (χ0n) is 19.1. The van der Waals surface area contributed by atoms with Crippen molar-refractivity contribution in [2.24, 2.45) is 0 Å². The molecule has 0 unspecified atom stereocenters. The smallest absolute Gasteiger partial charge is 0.236 e. The van der Waals surface area contributed by atoms with Crippen LogP contribution in [0.15, 0.2) is 54.6 Å². The molecule has 0 radical (unpaired) electrons. The maximum Gasteiger partial charge on any atom is 0.236 e. The summed E-state index contributed by atoms with van der Waals surface area (Å²) < 4.78 is 7.45. The number of aryl methyl sites for hydroxylation is 1. The van der Waals surface area contributed by atoms with Gasteiger partial charge in [-0.05, 0) is 57.6 Å². The molecule has 0 fully saturated rings. The van der Waals surface area contributed by atoms with Crippen molar-refractivity contribution >= 4 is 5.91 Å². The molecular weight excluding hydrogens is 388 g/mol. The first-order valence-corrected chi connectivity index (χ1v) is 10.6. The number of hydrogen-bond acceptors (Lipinski definition) is 4. The summed E-state index contributed by atoms with van der Waals surface area (Å²) in [5.41, 5.74) is 5.38. The zero-order chi connectivity index (χ0) is 22.4. The highest BCUT2D eigenvalue weighted by Gasteiger charge is 2.17. The number of aromatic nitrogens is 2. The van der Waals surface area contributed by atoms with Crippen molar-refractivity contribution in [1.29, 1.82) is 0 Å². The Balaban J connectivity index is 1.59. The molecule has 2 aromatic carbocycles. The molecule has 3 aromatic rings. The van der Waals surface area contributed by atoms with Crippen LogP contribution >= 0.6 is 0 Å². The van der Waals surface area contributed by atoms with Crippen LogP contribution in [0.25, 0.3) is 5.69 Å². The Morgan fingerprint density at radius 1 is 1.00 bits per heavy atom. The Kier molecular flexibility index (Phi) is 7.47. The highest BCUT2D eigenvalue weighted by Crippen LogP contribution is 2.19. The van der Waals surface area contributed by atoms with Gasteiger partial charge in [-0.15, -0.1) is 0 Å². The molecule has 0 aliphatic heterocycles. The van der Waals surface area contributed by atoms with E-state index in [0.717, 1.165) is 34.0 Å². The minimum absolute atomic E-state index is 0.0853. The molecule has 0 aliphatic rings. The van der Waals surface area contributed by atoms with Gasteiger partial charge < -0.3 is 9.64 Å². The van der Waals surface area contributed by atoms with Gasteiger partial charge in [-0.25, -0.2) is 4.68 Å². The van der Waals surface area contributed by atoms with Gasteiger partial charge in [0.1, 0.15) is 5.75 Å². The van der Waals surface area contributed by atoms with Crippen molar-refractivity contribution in [2.45, 2.75) is 33.9 Å². The Hall–Kier alpha value is -3.12. The quantitative estimate of drug-likeness (QED) is 0.525. The van der Waals surface area contributed by atoms with Gasteiger partial charge in [0.25, 0.3) is 0 Å².